The second kappa shape index (κ2) is 7.86. The van der Waals surface area contributed by atoms with Crippen LogP contribution in [0.2, 0.25) is 0 Å². The molecule has 1 aromatic carbocycles. The summed E-state index contributed by atoms with van der Waals surface area (Å²) in [5.41, 5.74) is 2.83. The second-order valence-electron chi connectivity index (χ2n) is 7.09. The Bertz CT molecular complexity index is 791. The van der Waals surface area contributed by atoms with Gasteiger partial charge in [-0.3, -0.25) is 4.79 Å². The number of hydrogen-bond donors (Lipinski definition) is 2. The van der Waals surface area contributed by atoms with E-state index in [0.717, 1.165) is 0 Å². The van der Waals surface area contributed by atoms with Gasteiger partial charge in [0.15, 0.2) is 6.10 Å². The monoisotopic (exact) mass is 375 g/mol. The Hall–Kier alpha value is -2.41. The predicted octanol–water partition coefficient (Wildman–Crippen LogP) is 3.97. The lowest BCUT2D eigenvalue weighted by molar-refractivity contribution is -0.123. The molecule has 2 aromatic rings. The van der Waals surface area contributed by atoms with Crippen LogP contribution in [0.4, 0.5) is 10.7 Å². The van der Waals surface area contributed by atoms with Gasteiger partial charge in [-0.15, -0.1) is 0 Å². The number of benzene rings is 1. The summed E-state index contributed by atoms with van der Waals surface area (Å²) >= 11 is 1.18. The molecule has 6 nitrogen and oxygen atoms in total. The fraction of sp³-hybridized carbons (Fsp3) is 0.421. The summed E-state index contributed by atoms with van der Waals surface area (Å²) in [6, 6.07) is 7.65. The van der Waals surface area contributed by atoms with Gasteiger partial charge in [-0.05, 0) is 48.5 Å². The van der Waals surface area contributed by atoms with E-state index in [4.69, 9.17) is 4.74 Å². The Balaban J connectivity index is 2.01. The molecule has 1 heterocycles. The van der Waals surface area contributed by atoms with Crippen LogP contribution >= 0.6 is 11.5 Å². The minimum absolute atomic E-state index is 0.0445. The van der Waals surface area contributed by atoms with E-state index in [1.165, 1.54) is 17.1 Å². The summed E-state index contributed by atoms with van der Waals surface area (Å²) in [4.78, 5) is 24.7. The van der Waals surface area contributed by atoms with Crippen molar-refractivity contribution in [1.29, 1.82) is 0 Å². The fourth-order valence-electron chi connectivity index (χ4n) is 2.35. The fourth-order valence-corrected chi connectivity index (χ4v) is 3.08. The Labute approximate surface area is 158 Å². The number of ether oxygens (including phenoxy) is 1. The number of nitrogens with one attached hydrogen (secondary N) is 2. The van der Waals surface area contributed by atoms with Crippen molar-refractivity contribution in [3.05, 3.63) is 41.1 Å². The highest BCUT2D eigenvalue weighted by Gasteiger charge is 2.24. The maximum absolute atomic E-state index is 12.4. The van der Waals surface area contributed by atoms with Gasteiger partial charge in [-0.1, -0.05) is 32.9 Å². The minimum atomic E-state index is -0.922. The number of aromatic nitrogens is 1. The van der Waals surface area contributed by atoms with E-state index in [2.05, 4.69) is 35.8 Å². The number of amides is 1. The molecule has 1 aromatic heterocycles. The van der Waals surface area contributed by atoms with E-state index in [1.54, 1.807) is 20.9 Å². The van der Waals surface area contributed by atoms with Gasteiger partial charge in [-0.2, -0.15) is 4.37 Å². The summed E-state index contributed by atoms with van der Waals surface area (Å²) in [6.07, 6.45) is -0.922. The Kier molecular flexibility index (Phi) is 6.02. The first kappa shape index (κ1) is 19.9. The molecular formula is C19H25N3O3S. The normalized spacial score (nSPS) is 12.4. The van der Waals surface area contributed by atoms with Gasteiger partial charge in [0.2, 0.25) is 0 Å². The number of aryl methyl sites for hydroxylation is 1. The van der Waals surface area contributed by atoms with Crippen molar-refractivity contribution in [2.75, 3.05) is 17.7 Å². The largest absolute Gasteiger partial charge is 0.449 e. The number of hydrogen-bond acceptors (Lipinski definition) is 6. The average molecular weight is 375 g/mol. The van der Waals surface area contributed by atoms with Crippen LogP contribution in [-0.2, 0) is 14.9 Å². The van der Waals surface area contributed by atoms with E-state index >= 15 is 0 Å². The standard InChI is InChI=1S/C19H25N3O3S/c1-11-15(17(20-6)26-22-11)18(24)25-12(2)16(23)21-14-9-7-13(8-10-14)19(3,4)5/h7-10,12,20H,1-6H3,(H,21,23)/t12-/m1/s1. The Morgan fingerprint density at radius 3 is 2.35 bits per heavy atom. The molecule has 0 saturated heterocycles. The number of carbonyl (C=O) groups is 2. The molecule has 0 bridgehead atoms. The SMILES string of the molecule is CNc1snc(C)c1C(=O)O[C@H](C)C(=O)Nc1ccc(C(C)(C)C)cc1. The van der Waals surface area contributed by atoms with E-state index < -0.39 is 12.1 Å². The van der Waals surface area contributed by atoms with E-state index in [-0.39, 0.29) is 11.3 Å². The molecule has 0 fully saturated rings. The van der Waals surface area contributed by atoms with Crippen molar-refractivity contribution in [3.63, 3.8) is 0 Å². The summed E-state index contributed by atoms with van der Waals surface area (Å²) in [5.74, 6) is -0.944. The van der Waals surface area contributed by atoms with Crippen LogP contribution < -0.4 is 10.6 Å². The molecule has 140 valence electrons. The van der Waals surface area contributed by atoms with Crippen molar-refractivity contribution < 1.29 is 14.3 Å². The van der Waals surface area contributed by atoms with Crippen molar-refractivity contribution in [2.24, 2.45) is 0 Å². The Morgan fingerprint density at radius 2 is 1.81 bits per heavy atom. The van der Waals surface area contributed by atoms with E-state index in [1.807, 2.05) is 24.3 Å². The van der Waals surface area contributed by atoms with E-state index in [0.29, 0.717) is 21.9 Å². The van der Waals surface area contributed by atoms with Crippen LogP contribution in [-0.4, -0.2) is 29.4 Å². The first-order chi connectivity index (χ1) is 12.1. The van der Waals surface area contributed by atoms with Crippen LogP contribution in [0.5, 0.6) is 0 Å². The van der Waals surface area contributed by atoms with Crippen LogP contribution in [0, 0.1) is 6.92 Å². The second-order valence-corrected chi connectivity index (χ2v) is 7.86. The zero-order chi connectivity index (χ0) is 19.5. The van der Waals surface area contributed by atoms with E-state index in [9.17, 15) is 9.59 Å². The molecule has 0 radical (unpaired) electrons. The van der Waals surface area contributed by atoms with Crippen LogP contribution in [0.25, 0.3) is 0 Å². The number of rotatable bonds is 5. The zero-order valence-electron chi connectivity index (χ0n) is 16.0. The van der Waals surface area contributed by atoms with Crippen molar-refractivity contribution in [3.8, 4) is 0 Å². The third kappa shape index (κ3) is 4.60. The van der Waals surface area contributed by atoms with Gasteiger partial charge in [-0.25, -0.2) is 4.79 Å². The molecule has 7 heteroatoms. The first-order valence-electron chi connectivity index (χ1n) is 8.40. The molecule has 2 rings (SSSR count). The van der Waals surface area contributed by atoms with Gasteiger partial charge >= 0.3 is 5.97 Å². The van der Waals surface area contributed by atoms with Crippen LogP contribution in [0.3, 0.4) is 0 Å². The number of anilines is 2. The lowest BCUT2D eigenvalue weighted by Crippen LogP contribution is -2.30. The van der Waals surface area contributed by atoms with Gasteiger partial charge in [0.05, 0.1) is 5.69 Å². The predicted molar refractivity (Wildman–Crippen MR) is 105 cm³/mol. The van der Waals surface area contributed by atoms with Crippen molar-refractivity contribution >= 4 is 34.1 Å². The van der Waals surface area contributed by atoms with Crippen molar-refractivity contribution in [1.82, 2.24) is 4.37 Å². The minimum Gasteiger partial charge on any atom is -0.449 e. The number of nitrogens with zero attached hydrogens (tertiary/aromatic N) is 1. The molecule has 0 aliphatic heterocycles. The van der Waals surface area contributed by atoms with Gasteiger partial charge in [0, 0.05) is 12.7 Å². The summed E-state index contributed by atoms with van der Waals surface area (Å²) in [6.45, 7) is 9.66. The number of esters is 1. The van der Waals surface area contributed by atoms with Gasteiger partial charge in [0.1, 0.15) is 10.6 Å². The zero-order valence-corrected chi connectivity index (χ0v) is 16.8. The average Bonchev–Trinajstić information content (AvgIpc) is 2.95. The molecular weight excluding hydrogens is 350 g/mol. The smallest absolute Gasteiger partial charge is 0.343 e. The molecule has 0 spiro atoms. The topological polar surface area (TPSA) is 80.3 Å². The van der Waals surface area contributed by atoms with Crippen LogP contribution in [0.15, 0.2) is 24.3 Å². The van der Waals surface area contributed by atoms with Gasteiger partial charge in [0.25, 0.3) is 5.91 Å². The molecule has 2 N–H and O–H groups in total. The molecule has 0 aliphatic carbocycles. The maximum Gasteiger partial charge on any atom is 0.343 e. The quantitative estimate of drug-likeness (QED) is 0.773. The molecule has 26 heavy (non-hydrogen) atoms. The third-order valence-electron chi connectivity index (χ3n) is 3.97. The molecule has 0 saturated carbocycles. The molecule has 0 aliphatic rings. The van der Waals surface area contributed by atoms with Gasteiger partial charge < -0.3 is 15.4 Å². The number of carbonyl (C=O) groups excluding carboxylic acids is 2. The summed E-state index contributed by atoms with van der Waals surface area (Å²) < 4.78 is 9.44. The lowest BCUT2D eigenvalue weighted by atomic mass is 9.87. The maximum atomic E-state index is 12.4. The Morgan fingerprint density at radius 1 is 1.19 bits per heavy atom. The lowest BCUT2D eigenvalue weighted by Gasteiger charge is -2.19. The summed E-state index contributed by atoms with van der Waals surface area (Å²) in [7, 11) is 1.71. The molecule has 1 amide bonds. The third-order valence-corrected chi connectivity index (χ3v) is 4.92. The highest BCUT2D eigenvalue weighted by molar-refractivity contribution is 7.10. The summed E-state index contributed by atoms with van der Waals surface area (Å²) in [5, 5.41) is 6.30. The highest BCUT2D eigenvalue weighted by atomic mass is 32.1. The molecule has 1 atom stereocenters. The van der Waals surface area contributed by atoms with Crippen LogP contribution in [0.1, 0.15) is 49.3 Å². The van der Waals surface area contributed by atoms with Crippen molar-refractivity contribution in [2.45, 2.75) is 46.1 Å². The first-order valence-corrected chi connectivity index (χ1v) is 9.17. The highest BCUT2D eigenvalue weighted by Crippen LogP contribution is 2.26. The molecule has 0 unspecified atom stereocenters.